The first-order valence-electron chi connectivity index (χ1n) is 8.76. The molecule has 0 saturated carbocycles. The third-order valence-corrected chi connectivity index (χ3v) is 5.89. The largest absolute Gasteiger partial charge is 0.452 e. The summed E-state index contributed by atoms with van der Waals surface area (Å²) in [5.41, 5.74) is 1.88. The van der Waals surface area contributed by atoms with E-state index in [-0.39, 0.29) is 16.2 Å². The van der Waals surface area contributed by atoms with Crippen LogP contribution >= 0.6 is 0 Å². The minimum Gasteiger partial charge on any atom is -0.452 e. The van der Waals surface area contributed by atoms with Crippen molar-refractivity contribution in [2.75, 3.05) is 31.4 Å². The Kier molecular flexibility index (Phi) is 7.17. The van der Waals surface area contributed by atoms with Crippen molar-refractivity contribution in [2.45, 2.75) is 18.4 Å². The number of hydrogen-bond donors (Lipinski definition) is 1. The maximum Gasteiger partial charge on any atom is 0.339 e. The molecular weight excluding hydrogens is 380 g/mol. The van der Waals surface area contributed by atoms with Crippen LogP contribution < -0.4 is 10.2 Å². The minimum absolute atomic E-state index is 0.0728. The van der Waals surface area contributed by atoms with Gasteiger partial charge in [0.05, 0.1) is 16.2 Å². The van der Waals surface area contributed by atoms with Crippen LogP contribution in [0.3, 0.4) is 0 Å². The lowest BCUT2D eigenvalue weighted by Crippen LogP contribution is -2.28. The van der Waals surface area contributed by atoms with E-state index in [1.54, 1.807) is 6.07 Å². The lowest BCUT2D eigenvalue weighted by Gasteiger charge is -2.13. The highest BCUT2D eigenvalue weighted by molar-refractivity contribution is 7.91. The van der Waals surface area contributed by atoms with E-state index >= 15 is 0 Å². The highest BCUT2D eigenvalue weighted by atomic mass is 32.2. The summed E-state index contributed by atoms with van der Waals surface area (Å²) in [6.07, 6.45) is 0. The van der Waals surface area contributed by atoms with Crippen molar-refractivity contribution in [3.8, 4) is 0 Å². The SMILES string of the molecule is CCS(=O)(=O)c1ccccc1C(=O)OCC(=O)NCc1ccc(N(C)C)cc1. The molecule has 0 saturated heterocycles. The van der Waals surface area contributed by atoms with Gasteiger partial charge < -0.3 is 15.0 Å². The molecule has 0 bridgehead atoms. The Balaban J connectivity index is 1.92. The molecule has 150 valence electrons. The van der Waals surface area contributed by atoms with Gasteiger partial charge >= 0.3 is 5.97 Å². The van der Waals surface area contributed by atoms with Crippen LogP contribution in [0.4, 0.5) is 5.69 Å². The Morgan fingerprint density at radius 3 is 2.29 bits per heavy atom. The maximum atomic E-state index is 12.2. The van der Waals surface area contributed by atoms with Gasteiger partial charge in [0, 0.05) is 26.3 Å². The van der Waals surface area contributed by atoms with Crippen molar-refractivity contribution in [3.63, 3.8) is 0 Å². The van der Waals surface area contributed by atoms with E-state index in [0.29, 0.717) is 6.54 Å². The zero-order chi connectivity index (χ0) is 20.7. The van der Waals surface area contributed by atoms with Gasteiger partial charge in [-0.2, -0.15) is 0 Å². The highest BCUT2D eigenvalue weighted by Gasteiger charge is 2.22. The minimum atomic E-state index is -3.57. The summed E-state index contributed by atoms with van der Waals surface area (Å²) >= 11 is 0. The molecule has 0 aliphatic rings. The van der Waals surface area contributed by atoms with Crippen molar-refractivity contribution in [3.05, 3.63) is 59.7 Å². The van der Waals surface area contributed by atoms with Gasteiger partial charge in [0.2, 0.25) is 0 Å². The number of hydrogen-bond acceptors (Lipinski definition) is 6. The number of carbonyl (C=O) groups is 2. The Labute approximate surface area is 165 Å². The second-order valence-electron chi connectivity index (χ2n) is 6.31. The molecular formula is C20H24N2O5S. The fourth-order valence-corrected chi connectivity index (χ4v) is 3.52. The quantitative estimate of drug-likeness (QED) is 0.677. The van der Waals surface area contributed by atoms with Crippen LogP contribution in [0.25, 0.3) is 0 Å². The van der Waals surface area contributed by atoms with E-state index in [2.05, 4.69) is 5.32 Å². The summed E-state index contributed by atoms with van der Waals surface area (Å²) in [5, 5.41) is 2.66. The average molecular weight is 404 g/mol. The molecule has 0 unspecified atom stereocenters. The summed E-state index contributed by atoms with van der Waals surface area (Å²) in [6, 6.07) is 13.5. The summed E-state index contributed by atoms with van der Waals surface area (Å²) in [6.45, 7) is 1.30. The highest BCUT2D eigenvalue weighted by Crippen LogP contribution is 2.18. The van der Waals surface area contributed by atoms with Crippen molar-refractivity contribution < 1.29 is 22.7 Å². The van der Waals surface area contributed by atoms with Gasteiger partial charge in [-0.1, -0.05) is 31.2 Å². The zero-order valence-electron chi connectivity index (χ0n) is 16.1. The number of ether oxygens (including phenoxy) is 1. The van der Waals surface area contributed by atoms with Gasteiger partial charge in [0.25, 0.3) is 5.91 Å². The first-order valence-corrected chi connectivity index (χ1v) is 10.4. The molecule has 1 N–H and O–H groups in total. The van der Waals surface area contributed by atoms with Crippen LogP contribution in [0.1, 0.15) is 22.8 Å². The normalized spacial score (nSPS) is 11.0. The fraction of sp³-hybridized carbons (Fsp3) is 0.300. The number of nitrogens with zero attached hydrogens (tertiary/aromatic N) is 1. The molecule has 0 aromatic heterocycles. The Bertz CT molecular complexity index is 937. The number of nitrogens with one attached hydrogen (secondary N) is 1. The summed E-state index contributed by atoms with van der Waals surface area (Å²) in [5.74, 6) is -1.45. The van der Waals surface area contributed by atoms with E-state index in [4.69, 9.17) is 4.74 Å². The van der Waals surface area contributed by atoms with Crippen LogP contribution in [0, 0.1) is 0 Å². The molecule has 0 radical (unpaired) electrons. The average Bonchev–Trinajstić information content (AvgIpc) is 2.70. The van der Waals surface area contributed by atoms with Gasteiger partial charge in [-0.15, -0.1) is 0 Å². The number of anilines is 1. The maximum absolute atomic E-state index is 12.2. The summed E-state index contributed by atoms with van der Waals surface area (Å²) < 4.78 is 29.2. The number of benzene rings is 2. The van der Waals surface area contributed by atoms with E-state index < -0.39 is 28.3 Å². The summed E-state index contributed by atoms with van der Waals surface area (Å²) in [7, 11) is 0.306. The molecule has 0 spiro atoms. The number of carbonyl (C=O) groups excluding carboxylic acids is 2. The number of sulfone groups is 1. The molecule has 1 amide bonds. The van der Waals surface area contributed by atoms with E-state index in [0.717, 1.165) is 11.3 Å². The van der Waals surface area contributed by atoms with Crippen LogP contribution in [0.15, 0.2) is 53.4 Å². The standard InChI is InChI=1S/C20H24N2O5S/c1-4-28(25,26)18-8-6-5-7-17(18)20(24)27-14-19(23)21-13-15-9-11-16(12-10-15)22(2)3/h5-12H,4,13-14H2,1-3H3,(H,21,23). The molecule has 0 heterocycles. The van der Waals surface area contributed by atoms with Crippen LogP contribution in [-0.2, 0) is 25.9 Å². The smallest absolute Gasteiger partial charge is 0.339 e. The predicted octanol–water partition coefficient (Wildman–Crippen LogP) is 2.02. The first-order chi connectivity index (χ1) is 13.2. The molecule has 0 aliphatic carbocycles. The first kappa shape index (κ1) is 21.4. The molecule has 2 aromatic carbocycles. The second kappa shape index (κ2) is 9.36. The molecule has 0 aliphatic heterocycles. The van der Waals surface area contributed by atoms with Gasteiger partial charge in [0.15, 0.2) is 16.4 Å². The number of rotatable bonds is 8. The predicted molar refractivity (Wildman–Crippen MR) is 107 cm³/mol. The van der Waals surface area contributed by atoms with Crippen molar-refractivity contribution in [1.29, 1.82) is 0 Å². The molecule has 0 atom stereocenters. The second-order valence-corrected chi connectivity index (χ2v) is 8.56. The molecule has 7 nitrogen and oxygen atoms in total. The number of amides is 1. The number of esters is 1. The summed E-state index contributed by atoms with van der Waals surface area (Å²) in [4.78, 5) is 26.1. The molecule has 28 heavy (non-hydrogen) atoms. The van der Waals surface area contributed by atoms with E-state index in [9.17, 15) is 18.0 Å². The monoisotopic (exact) mass is 404 g/mol. The van der Waals surface area contributed by atoms with Crippen LogP contribution in [0.2, 0.25) is 0 Å². The van der Waals surface area contributed by atoms with Crippen molar-refractivity contribution >= 4 is 27.4 Å². The van der Waals surface area contributed by atoms with Gasteiger partial charge in [0.1, 0.15) is 0 Å². The zero-order valence-corrected chi connectivity index (χ0v) is 17.0. The van der Waals surface area contributed by atoms with Gasteiger partial charge in [-0.3, -0.25) is 4.79 Å². The van der Waals surface area contributed by atoms with Crippen LogP contribution in [-0.4, -0.2) is 46.7 Å². The van der Waals surface area contributed by atoms with E-state index in [1.165, 1.54) is 25.1 Å². The van der Waals surface area contributed by atoms with Crippen molar-refractivity contribution in [1.82, 2.24) is 5.32 Å². The fourth-order valence-electron chi connectivity index (χ4n) is 2.43. The lowest BCUT2D eigenvalue weighted by atomic mass is 10.2. The Morgan fingerprint density at radius 2 is 1.68 bits per heavy atom. The Morgan fingerprint density at radius 1 is 1.04 bits per heavy atom. The van der Waals surface area contributed by atoms with Gasteiger partial charge in [-0.05, 0) is 29.8 Å². The third kappa shape index (κ3) is 5.56. The molecule has 2 aromatic rings. The van der Waals surface area contributed by atoms with E-state index in [1.807, 2.05) is 43.3 Å². The topological polar surface area (TPSA) is 92.8 Å². The molecule has 0 fully saturated rings. The molecule has 2 rings (SSSR count). The lowest BCUT2D eigenvalue weighted by molar-refractivity contribution is -0.124. The van der Waals surface area contributed by atoms with Gasteiger partial charge in [-0.25, -0.2) is 13.2 Å². The van der Waals surface area contributed by atoms with Crippen LogP contribution in [0.5, 0.6) is 0 Å². The Hall–Kier alpha value is -2.87. The third-order valence-electron chi connectivity index (χ3n) is 4.10. The molecule has 8 heteroatoms. The van der Waals surface area contributed by atoms with Crippen molar-refractivity contribution in [2.24, 2.45) is 0 Å².